The third kappa shape index (κ3) is 4.12. The maximum absolute atomic E-state index is 3.66. The zero-order chi connectivity index (χ0) is 31.6. The predicted octanol–water partition coefficient (Wildman–Crippen LogP) is 11.6. The number of hydrazine groups is 1. The third-order valence-electron chi connectivity index (χ3n) is 9.93. The van der Waals surface area contributed by atoms with E-state index in [9.17, 15) is 0 Å². The molecule has 8 aromatic carbocycles. The molecule has 48 heavy (non-hydrogen) atoms. The van der Waals surface area contributed by atoms with Crippen molar-refractivity contribution < 1.29 is 0 Å². The Morgan fingerprint density at radius 1 is 0.438 bits per heavy atom. The molecule has 9 aromatic rings. The molecular formula is C45H31N3. The smallest absolute Gasteiger partial charge is 0.0644 e. The summed E-state index contributed by atoms with van der Waals surface area (Å²) in [5.41, 5.74) is 15.7. The lowest BCUT2D eigenvalue weighted by Gasteiger charge is -2.19. The van der Waals surface area contributed by atoms with Crippen LogP contribution in [0.4, 0.5) is 11.4 Å². The van der Waals surface area contributed by atoms with E-state index in [-0.39, 0.29) is 0 Å². The summed E-state index contributed by atoms with van der Waals surface area (Å²) in [6.07, 6.45) is 0. The lowest BCUT2D eigenvalue weighted by atomic mass is 9.91. The molecule has 1 aliphatic heterocycles. The van der Waals surface area contributed by atoms with Crippen LogP contribution in [0.15, 0.2) is 170 Å². The van der Waals surface area contributed by atoms with Crippen LogP contribution in [0, 0.1) is 0 Å². The molecule has 226 valence electrons. The molecule has 0 saturated heterocycles. The van der Waals surface area contributed by atoms with Gasteiger partial charge in [-0.15, -0.1) is 0 Å². The number of para-hydroxylation sites is 1. The maximum atomic E-state index is 3.66. The van der Waals surface area contributed by atoms with Gasteiger partial charge in [0.1, 0.15) is 0 Å². The van der Waals surface area contributed by atoms with Gasteiger partial charge in [0.15, 0.2) is 0 Å². The molecule has 0 aliphatic carbocycles. The normalized spacial score (nSPS) is 12.8. The zero-order valence-corrected chi connectivity index (χ0v) is 26.3. The molecule has 10 rings (SSSR count). The average Bonchev–Trinajstić information content (AvgIpc) is 3.73. The Bertz CT molecular complexity index is 2660. The minimum atomic E-state index is 0.775. The van der Waals surface area contributed by atoms with E-state index in [0.717, 1.165) is 17.9 Å². The molecule has 0 radical (unpaired) electrons. The predicted molar refractivity (Wildman–Crippen MR) is 202 cm³/mol. The highest BCUT2D eigenvalue weighted by molar-refractivity contribution is 6.30. The molecule has 0 spiro atoms. The molecule has 1 aromatic heterocycles. The first-order valence-electron chi connectivity index (χ1n) is 16.6. The monoisotopic (exact) mass is 613 g/mol. The Morgan fingerprint density at radius 3 is 1.94 bits per heavy atom. The van der Waals surface area contributed by atoms with Crippen molar-refractivity contribution in [2.75, 3.05) is 5.01 Å². The third-order valence-corrected chi connectivity index (χ3v) is 9.93. The van der Waals surface area contributed by atoms with Crippen LogP contribution in [-0.4, -0.2) is 4.57 Å². The fourth-order valence-corrected chi connectivity index (χ4v) is 7.77. The minimum absolute atomic E-state index is 0.775. The Balaban J connectivity index is 1.35. The number of hydrogen-bond acceptors (Lipinski definition) is 2. The number of anilines is 2. The van der Waals surface area contributed by atoms with Gasteiger partial charge < -0.3 is 4.57 Å². The summed E-state index contributed by atoms with van der Waals surface area (Å²) in [5.74, 6) is 0. The summed E-state index contributed by atoms with van der Waals surface area (Å²) in [4.78, 5) is 0. The van der Waals surface area contributed by atoms with Gasteiger partial charge in [-0.1, -0.05) is 121 Å². The van der Waals surface area contributed by atoms with Crippen molar-refractivity contribution in [3.8, 4) is 27.9 Å². The second-order valence-corrected chi connectivity index (χ2v) is 12.6. The summed E-state index contributed by atoms with van der Waals surface area (Å²) in [6, 6.07) is 61.8. The van der Waals surface area contributed by atoms with Gasteiger partial charge in [-0.05, 0) is 92.5 Å². The van der Waals surface area contributed by atoms with Gasteiger partial charge in [-0.3, -0.25) is 5.01 Å². The Labute approximate surface area is 278 Å². The van der Waals surface area contributed by atoms with Crippen molar-refractivity contribution >= 4 is 54.7 Å². The van der Waals surface area contributed by atoms with Crippen LogP contribution < -0.4 is 10.4 Å². The number of nitrogens with zero attached hydrogens (tertiary/aromatic N) is 2. The van der Waals surface area contributed by atoms with Gasteiger partial charge >= 0.3 is 0 Å². The van der Waals surface area contributed by atoms with E-state index < -0.39 is 0 Å². The summed E-state index contributed by atoms with van der Waals surface area (Å²) in [6.45, 7) is 0.775. The SMILES string of the molecule is c1ccc(-c2cccc(-n3c4cc5c(cc4c4c6c(ccc43)c(-c3ccccc3)cc3ccccc36)CNN5c3ccccc3)c2)cc1. The topological polar surface area (TPSA) is 20.2 Å². The molecule has 0 bridgehead atoms. The second kappa shape index (κ2) is 10.7. The van der Waals surface area contributed by atoms with Gasteiger partial charge in [0, 0.05) is 28.4 Å². The molecule has 0 saturated carbocycles. The van der Waals surface area contributed by atoms with Gasteiger partial charge in [0.2, 0.25) is 0 Å². The highest BCUT2D eigenvalue weighted by Gasteiger charge is 2.25. The van der Waals surface area contributed by atoms with Gasteiger partial charge in [-0.25, -0.2) is 5.43 Å². The lowest BCUT2D eigenvalue weighted by Crippen LogP contribution is -2.26. The molecule has 3 heteroatoms. The number of aromatic nitrogens is 1. The number of rotatable bonds is 4. The molecule has 1 aliphatic rings. The van der Waals surface area contributed by atoms with Crippen molar-refractivity contribution in [2.45, 2.75) is 6.54 Å². The fourth-order valence-electron chi connectivity index (χ4n) is 7.77. The van der Waals surface area contributed by atoms with Gasteiger partial charge in [0.25, 0.3) is 0 Å². The van der Waals surface area contributed by atoms with Crippen molar-refractivity contribution in [1.29, 1.82) is 0 Å². The van der Waals surface area contributed by atoms with Crippen LogP contribution in [0.1, 0.15) is 5.56 Å². The van der Waals surface area contributed by atoms with Crippen LogP contribution in [0.5, 0.6) is 0 Å². The highest BCUT2D eigenvalue weighted by atomic mass is 15.5. The minimum Gasteiger partial charge on any atom is -0.309 e. The van der Waals surface area contributed by atoms with Gasteiger partial charge in [0.05, 0.1) is 22.4 Å². The molecule has 0 fully saturated rings. The van der Waals surface area contributed by atoms with E-state index in [0.29, 0.717) is 0 Å². The van der Waals surface area contributed by atoms with E-state index in [1.54, 1.807) is 0 Å². The van der Waals surface area contributed by atoms with E-state index in [1.165, 1.54) is 76.9 Å². The molecule has 1 N–H and O–H groups in total. The van der Waals surface area contributed by atoms with Crippen molar-refractivity contribution in [3.63, 3.8) is 0 Å². The van der Waals surface area contributed by atoms with Crippen molar-refractivity contribution in [1.82, 2.24) is 9.99 Å². The van der Waals surface area contributed by atoms with Crippen molar-refractivity contribution in [3.05, 3.63) is 175 Å². The first-order valence-corrected chi connectivity index (χ1v) is 16.6. The van der Waals surface area contributed by atoms with Crippen LogP contribution >= 0.6 is 0 Å². The number of fused-ring (bicyclic) bond motifs is 8. The zero-order valence-electron chi connectivity index (χ0n) is 26.3. The van der Waals surface area contributed by atoms with Crippen molar-refractivity contribution in [2.24, 2.45) is 0 Å². The highest BCUT2D eigenvalue weighted by Crippen LogP contribution is 2.46. The number of benzene rings is 8. The van der Waals surface area contributed by atoms with Crippen LogP contribution in [0.25, 0.3) is 71.3 Å². The Hall–Kier alpha value is -6.16. The maximum Gasteiger partial charge on any atom is 0.0644 e. The molecule has 3 nitrogen and oxygen atoms in total. The average molecular weight is 614 g/mol. The molecule has 2 heterocycles. The molecule has 0 atom stereocenters. The Kier molecular flexibility index (Phi) is 6.02. The van der Waals surface area contributed by atoms with Crippen LogP contribution in [-0.2, 0) is 6.54 Å². The molecule has 0 amide bonds. The molecule has 0 unspecified atom stereocenters. The van der Waals surface area contributed by atoms with E-state index in [1.807, 2.05) is 0 Å². The fraction of sp³-hybridized carbons (Fsp3) is 0.0222. The van der Waals surface area contributed by atoms with E-state index in [4.69, 9.17) is 0 Å². The van der Waals surface area contributed by atoms with Gasteiger partial charge in [-0.2, -0.15) is 0 Å². The first-order chi connectivity index (χ1) is 23.8. The summed E-state index contributed by atoms with van der Waals surface area (Å²) in [7, 11) is 0. The van der Waals surface area contributed by atoms with Crippen LogP contribution in [0.2, 0.25) is 0 Å². The number of hydrogen-bond donors (Lipinski definition) is 1. The summed E-state index contributed by atoms with van der Waals surface area (Å²) >= 11 is 0. The first kappa shape index (κ1) is 27.0. The quantitative estimate of drug-likeness (QED) is 0.199. The lowest BCUT2D eigenvalue weighted by molar-refractivity contribution is 0.766. The standard InChI is InChI=1S/C45H31N3/c1-4-13-30(14-5-1)32-18-12-21-36(25-32)47-41-24-23-38-39(31-15-6-2-7-16-31)26-33-17-10-11-22-37(33)44(38)45(41)40-27-34-29-46-48(42(34)28-43(40)47)35-19-8-3-9-20-35/h1-28,46H,29H2. The summed E-state index contributed by atoms with van der Waals surface area (Å²) in [5, 5.41) is 9.90. The summed E-state index contributed by atoms with van der Waals surface area (Å²) < 4.78 is 2.47. The second-order valence-electron chi connectivity index (χ2n) is 12.6. The largest absolute Gasteiger partial charge is 0.309 e. The van der Waals surface area contributed by atoms with E-state index >= 15 is 0 Å². The Morgan fingerprint density at radius 2 is 1.12 bits per heavy atom. The molecular weight excluding hydrogens is 583 g/mol. The van der Waals surface area contributed by atoms with E-state index in [2.05, 4.69) is 185 Å². The van der Waals surface area contributed by atoms with Crippen LogP contribution in [0.3, 0.4) is 0 Å². The number of nitrogens with one attached hydrogen (secondary N) is 1.